The van der Waals surface area contributed by atoms with Gasteiger partial charge in [0.25, 0.3) is 0 Å². The van der Waals surface area contributed by atoms with Gasteiger partial charge in [-0.2, -0.15) is 0 Å². The second-order valence-corrected chi connectivity index (χ2v) is 6.64. The first-order valence-electron chi connectivity index (χ1n) is 8.65. The second kappa shape index (κ2) is 7.63. The first-order valence-corrected chi connectivity index (χ1v) is 8.65. The fourth-order valence-electron chi connectivity index (χ4n) is 3.56. The highest BCUT2D eigenvalue weighted by Gasteiger charge is 2.41. The van der Waals surface area contributed by atoms with Gasteiger partial charge in [0.2, 0.25) is 5.91 Å². The van der Waals surface area contributed by atoms with E-state index in [1.54, 1.807) is 12.1 Å². The Morgan fingerprint density at radius 3 is 2.73 bits per heavy atom. The standard InChI is InChI=1S/C18H21FN4O3/c19-14-6-4-5-13(9-14)18(7-2-1-3-8-18)17(26)20-10-15-11-23(22-21-15)12-16(24)25/h4-6,9,11H,1-3,7-8,10,12H2,(H,20,26)(H,24,25). The van der Waals surface area contributed by atoms with Crippen LogP contribution in [-0.2, 0) is 28.1 Å². The number of carbonyl (C=O) groups excluding carboxylic acids is 1. The van der Waals surface area contributed by atoms with Crippen LogP contribution >= 0.6 is 0 Å². The van der Waals surface area contributed by atoms with Crippen molar-refractivity contribution < 1.29 is 19.1 Å². The van der Waals surface area contributed by atoms with Crippen LogP contribution in [0.25, 0.3) is 0 Å². The molecule has 1 fully saturated rings. The number of halogens is 1. The summed E-state index contributed by atoms with van der Waals surface area (Å²) in [5, 5.41) is 19.2. The largest absolute Gasteiger partial charge is 0.480 e. The first-order chi connectivity index (χ1) is 12.5. The van der Waals surface area contributed by atoms with E-state index in [4.69, 9.17) is 5.11 Å². The molecule has 26 heavy (non-hydrogen) atoms. The smallest absolute Gasteiger partial charge is 0.325 e. The third kappa shape index (κ3) is 3.89. The molecule has 0 bridgehead atoms. The maximum Gasteiger partial charge on any atom is 0.325 e. The van der Waals surface area contributed by atoms with Gasteiger partial charge in [0, 0.05) is 0 Å². The van der Waals surface area contributed by atoms with Gasteiger partial charge in [-0.05, 0) is 30.5 Å². The van der Waals surface area contributed by atoms with Gasteiger partial charge in [-0.15, -0.1) is 5.10 Å². The molecule has 1 aromatic carbocycles. The summed E-state index contributed by atoms with van der Waals surface area (Å²) < 4.78 is 14.9. The Kier molecular flexibility index (Phi) is 5.29. The molecule has 0 aliphatic heterocycles. The Hall–Kier alpha value is -2.77. The van der Waals surface area contributed by atoms with E-state index < -0.39 is 11.4 Å². The summed E-state index contributed by atoms with van der Waals surface area (Å²) in [5.41, 5.74) is 0.436. The summed E-state index contributed by atoms with van der Waals surface area (Å²) in [5.74, 6) is -1.52. The molecule has 3 rings (SSSR count). The summed E-state index contributed by atoms with van der Waals surface area (Å²) in [6.07, 6.45) is 5.73. The number of nitrogens with zero attached hydrogens (tertiary/aromatic N) is 3. The van der Waals surface area contributed by atoms with Crippen molar-refractivity contribution in [3.63, 3.8) is 0 Å². The highest BCUT2D eigenvalue weighted by molar-refractivity contribution is 5.88. The van der Waals surface area contributed by atoms with Crippen LogP contribution in [0.4, 0.5) is 4.39 Å². The van der Waals surface area contributed by atoms with Crippen LogP contribution in [0, 0.1) is 5.82 Å². The van der Waals surface area contributed by atoms with Crippen LogP contribution in [0.1, 0.15) is 43.4 Å². The van der Waals surface area contributed by atoms with Crippen LogP contribution in [0.5, 0.6) is 0 Å². The van der Waals surface area contributed by atoms with Crippen LogP contribution < -0.4 is 5.32 Å². The monoisotopic (exact) mass is 360 g/mol. The minimum absolute atomic E-state index is 0.148. The Labute approximate surface area is 150 Å². The number of carbonyl (C=O) groups is 2. The van der Waals surface area contributed by atoms with E-state index in [1.807, 2.05) is 0 Å². The molecule has 0 unspecified atom stereocenters. The highest BCUT2D eigenvalue weighted by atomic mass is 19.1. The summed E-state index contributed by atoms with van der Waals surface area (Å²) in [4.78, 5) is 23.7. The van der Waals surface area contributed by atoms with E-state index in [0.717, 1.165) is 19.3 Å². The van der Waals surface area contributed by atoms with Crippen LogP contribution in [0.2, 0.25) is 0 Å². The molecule has 8 heteroatoms. The van der Waals surface area contributed by atoms with Crippen molar-refractivity contribution in [2.75, 3.05) is 0 Å². The van der Waals surface area contributed by atoms with Crippen molar-refractivity contribution in [2.24, 2.45) is 0 Å². The topological polar surface area (TPSA) is 97.1 Å². The van der Waals surface area contributed by atoms with Crippen LogP contribution in [-0.4, -0.2) is 32.0 Å². The Morgan fingerprint density at radius 2 is 2.04 bits per heavy atom. The molecule has 1 heterocycles. The van der Waals surface area contributed by atoms with Gasteiger partial charge in [-0.3, -0.25) is 9.59 Å². The van der Waals surface area contributed by atoms with Crippen molar-refractivity contribution in [3.05, 3.63) is 47.5 Å². The average molecular weight is 360 g/mol. The number of aliphatic carboxylic acids is 1. The van der Waals surface area contributed by atoms with Crippen molar-refractivity contribution in [1.29, 1.82) is 0 Å². The van der Waals surface area contributed by atoms with E-state index in [9.17, 15) is 14.0 Å². The number of aromatic nitrogens is 3. The van der Waals surface area contributed by atoms with E-state index in [1.165, 1.54) is 23.0 Å². The summed E-state index contributed by atoms with van der Waals surface area (Å²) in [6.45, 7) is -0.135. The summed E-state index contributed by atoms with van der Waals surface area (Å²) in [6, 6.07) is 6.25. The third-order valence-electron chi connectivity index (χ3n) is 4.83. The number of nitrogens with one attached hydrogen (secondary N) is 1. The maximum absolute atomic E-state index is 13.7. The Balaban J connectivity index is 1.74. The molecule has 2 N–H and O–H groups in total. The number of rotatable bonds is 6. The quantitative estimate of drug-likeness (QED) is 0.821. The molecule has 0 atom stereocenters. The molecule has 0 saturated heterocycles. The van der Waals surface area contributed by atoms with E-state index >= 15 is 0 Å². The lowest BCUT2D eigenvalue weighted by Crippen LogP contribution is -2.45. The molecular formula is C18H21FN4O3. The van der Waals surface area contributed by atoms with E-state index in [0.29, 0.717) is 24.1 Å². The molecule has 7 nitrogen and oxygen atoms in total. The third-order valence-corrected chi connectivity index (χ3v) is 4.83. The molecule has 0 spiro atoms. The summed E-state index contributed by atoms with van der Waals surface area (Å²) >= 11 is 0. The van der Waals surface area contributed by atoms with E-state index in [-0.39, 0.29) is 24.8 Å². The van der Waals surface area contributed by atoms with Crippen LogP contribution in [0.3, 0.4) is 0 Å². The maximum atomic E-state index is 13.7. The molecule has 1 aliphatic rings. The fourth-order valence-corrected chi connectivity index (χ4v) is 3.56. The van der Waals surface area contributed by atoms with Gasteiger partial charge >= 0.3 is 5.97 Å². The minimum Gasteiger partial charge on any atom is -0.480 e. The van der Waals surface area contributed by atoms with Crippen molar-refractivity contribution in [2.45, 2.75) is 50.6 Å². The molecule has 138 valence electrons. The zero-order valence-corrected chi connectivity index (χ0v) is 14.3. The van der Waals surface area contributed by atoms with Gasteiger partial charge in [0.05, 0.1) is 18.2 Å². The van der Waals surface area contributed by atoms with Crippen molar-refractivity contribution >= 4 is 11.9 Å². The lowest BCUT2D eigenvalue weighted by Gasteiger charge is -2.36. The molecule has 0 radical (unpaired) electrons. The van der Waals surface area contributed by atoms with Gasteiger partial charge in [-0.1, -0.05) is 36.6 Å². The first kappa shape index (κ1) is 18.0. The highest BCUT2D eigenvalue weighted by Crippen LogP contribution is 2.40. The molecule has 1 amide bonds. The van der Waals surface area contributed by atoms with Gasteiger partial charge in [-0.25, -0.2) is 9.07 Å². The second-order valence-electron chi connectivity index (χ2n) is 6.64. The predicted molar refractivity (Wildman–Crippen MR) is 90.7 cm³/mol. The van der Waals surface area contributed by atoms with Crippen LogP contribution in [0.15, 0.2) is 30.5 Å². The summed E-state index contributed by atoms with van der Waals surface area (Å²) in [7, 11) is 0. The average Bonchev–Trinajstić information content (AvgIpc) is 3.07. The SMILES string of the molecule is O=C(O)Cn1cc(CNC(=O)C2(c3cccc(F)c3)CCCCC2)nn1. The number of benzene rings is 1. The molecular weight excluding hydrogens is 339 g/mol. The number of hydrogen-bond acceptors (Lipinski definition) is 4. The van der Waals surface area contributed by atoms with Crippen molar-refractivity contribution in [1.82, 2.24) is 20.3 Å². The van der Waals surface area contributed by atoms with E-state index in [2.05, 4.69) is 15.6 Å². The molecule has 1 saturated carbocycles. The van der Waals surface area contributed by atoms with Gasteiger partial charge in [0.15, 0.2) is 0 Å². The zero-order valence-electron chi connectivity index (χ0n) is 14.3. The Bertz CT molecular complexity index is 799. The van der Waals surface area contributed by atoms with Gasteiger partial charge < -0.3 is 10.4 Å². The van der Waals surface area contributed by atoms with Crippen molar-refractivity contribution in [3.8, 4) is 0 Å². The molecule has 1 aliphatic carbocycles. The minimum atomic E-state index is -1.02. The number of carboxylic acid groups (broad SMARTS) is 1. The number of carboxylic acids is 1. The molecule has 2 aromatic rings. The predicted octanol–water partition coefficient (Wildman–Crippen LogP) is 2.02. The fraction of sp³-hybridized carbons (Fsp3) is 0.444. The van der Waals surface area contributed by atoms with Gasteiger partial charge in [0.1, 0.15) is 18.1 Å². The number of hydrogen-bond donors (Lipinski definition) is 2. The Morgan fingerprint density at radius 1 is 1.27 bits per heavy atom. The molecule has 1 aromatic heterocycles. The number of amides is 1. The lowest BCUT2D eigenvalue weighted by atomic mass is 9.68. The normalized spacial score (nSPS) is 16.2. The lowest BCUT2D eigenvalue weighted by molar-refractivity contribution is -0.138. The zero-order chi connectivity index (χ0) is 18.6.